The highest BCUT2D eigenvalue weighted by atomic mass is 35.5. The van der Waals surface area contributed by atoms with Gasteiger partial charge in [-0.2, -0.15) is 0 Å². The number of nitrogens with zero attached hydrogens (tertiary/aromatic N) is 1. The third-order valence-corrected chi connectivity index (χ3v) is 5.28. The van der Waals surface area contributed by atoms with E-state index in [4.69, 9.17) is 16.6 Å². The van der Waals surface area contributed by atoms with Crippen molar-refractivity contribution >= 4 is 22.9 Å². The van der Waals surface area contributed by atoms with E-state index in [2.05, 4.69) is 62.4 Å². The first-order valence-corrected chi connectivity index (χ1v) is 8.78. The summed E-state index contributed by atoms with van der Waals surface area (Å²) in [6, 6.07) is 17.1. The van der Waals surface area contributed by atoms with Gasteiger partial charge in [0.1, 0.15) is 5.01 Å². The van der Waals surface area contributed by atoms with E-state index < -0.39 is 0 Å². The van der Waals surface area contributed by atoms with Crippen molar-refractivity contribution in [3.05, 3.63) is 64.5 Å². The molecule has 1 nitrogen and oxygen atoms in total. The number of rotatable bonds is 4. The predicted molar refractivity (Wildman–Crippen MR) is 96.7 cm³/mol. The fourth-order valence-electron chi connectivity index (χ4n) is 2.39. The average Bonchev–Trinajstić information content (AvgIpc) is 3.00. The first-order chi connectivity index (χ1) is 10.7. The van der Waals surface area contributed by atoms with Crippen LogP contribution in [0.1, 0.15) is 22.9 Å². The molecule has 3 heteroatoms. The SMILES string of the molecule is CCc1ccc(-c2nc(-c3ccc(C)cc3)c(CCl)s2)cc1. The van der Waals surface area contributed by atoms with Crippen molar-refractivity contribution in [2.75, 3.05) is 0 Å². The average molecular weight is 328 g/mol. The van der Waals surface area contributed by atoms with Gasteiger partial charge in [0.2, 0.25) is 0 Å². The molecule has 3 aromatic rings. The summed E-state index contributed by atoms with van der Waals surface area (Å²) in [6.45, 7) is 4.26. The van der Waals surface area contributed by atoms with E-state index >= 15 is 0 Å². The minimum Gasteiger partial charge on any atom is -0.236 e. The molecule has 0 radical (unpaired) electrons. The molecule has 1 heterocycles. The number of aryl methyl sites for hydroxylation is 2. The maximum atomic E-state index is 6.13. The van der Waals surface area contributed by atoms with Gasteiger partial charge >= 0.3 is 0 Å². The van der Waals surface area contributed by atoms with Crippen LogP contribution < -0.4 is 0 Å². The Morgan fingerprint density at radius 1 is 0.955 bits per heavy atom. The molecule has 22 heavy (non-hydrogen) atoms. The maximum absolute atomic E-state index is 6.13. The lowest BCUT2D eigenvalue weighted by Crippen LogP contribution is -1.84. The van der Waals surface area contributed by atoms with Crippen molar-refractivity contribution in [2.45, 2.75) is 26.1 Å². The first kappa shape index (κ1) is 15.3. The highest BCUT2D eigenvalue weighted by Gasteiger charge is 2.13. The fourth-order valence-corrected chi connectivity index (χ4v) is 3.62. The van der Waals surface area contributed by atoms with Gasteiger partial charge in [0.05, 0.1) is 11.6 Å². The van der Waals surface area contributed by atoms with Gasteiger partial charge < -0.3 is 0 Å². The van der Waals surface area contributed by atoms with Crippen LogP contribution in [0, 0.1) is 6.92 Å². The molecule has 0 spiro atoms. The molecule has 3 rings (SSSR count). The van der Waals surface area contributed by atoms with Crippen molar-refractivity contribution < 1.29 is 0 Å². The molecule has 112 valence electrons. The van der Waals surface area contributed by atoms with Gasteiger partial charge in [-0.25, -0.2) is 4.98 Å². The molecule has 0 aliphatic carbocycles. The predicted octanol–water partition coefficient (Wildman–Crippen LogP) is 6.09. The molecule has 0 N–H and O–H groups in total. The van der Waals surface area contributed by atoms with Crippen LogP contribution in [-0.4, -0.2) is 4.98 Å². The number of thiazole rings is 1. The zero-order valence-corrected chi connectivity index (χ0v) is 14.3. The minimum atomic E-state index is 0.494. The molecule has 0 saturated heterocycles. The number of alkyl halides is 1. The zero-order chi connectivity index (χ0) is 15.5. The first-order valence-electron chi connectivity index (χ1n) is 7.43. The highest BCUT2D eigenvalue weighted by molar-refractivity contribution is 7.15. The lowest BCUT2D eigenvalue weighted by molar-refractivity contribution is 1.14. The van der Waals surface area contributed by atoms with E-state index in [1.54, 1.807) is 11.3 Å². The normalized spacial score (nSPS) is 10.9. The molecule has 0 amide bonds. The summed E-state index contributed by atoms with van der Waals surface area (Å²) < 4.78 is 0. The van der Waals surface area contributed by atoms with Crippen LogP contribution in [-0.2, 0) is 12.3 Å². The molecule has 0 bridgehead atoms. The smallest absolute Gasteiger partial charge is 0.124 e. The van der Waals surface area contributed by atoms with Gasteiger partial charge in [-0.15, -0.1) is 22.9 Å². The van der Waals surface area contributed by atoms with E-state index in [1.165, 1.54) is 11.1 Å². The van der Waals surface area contributed by atoms with Crippen LogP contribution in [0.25, 0.3) is 21.8 Å². The third-order valence-electron chi connectivity index (χ3n) is 3.75. The third kappa shape index (κ3) is 3.08. The summed E-state index contributed by atoms with van der Waals surface area (Å²) in [5, 5.41) is 1.04. The number of benzene rings is 2. The number of halogens is 1. The van der Waals surface area contributed by atoms with Crippen molar-refractivity contribution in [1.82, 2.24) is 4.98 Å². The zero-order valence-electron chi connectivity index (χ0n) is 12.8. The molecule has 0 atom stereocenters. The van der Waals surface area contributed by atoms with E-state index in [9.17, 15) is 0 Å². The molecule has 1 aromatic heterocycles. The van der Waals surface area contributed by atoms with E-state index in [-0.39, 0.29) is 0 Å². The molecule has 0 fully saturated rings. The summed E-state index contributed by atoms with van der Waals surface area (Å²) in [7, 11) is 0. The standard InChI is InChI=1S/C19H18ClNS/c1-3-14-6-10-16(11-7-14)19-21-18(17(12-20)22-19)15-8-4-13(2)5-9-15/h4-11H,3,12H2,1-2H3. The lowest BCUT2D eigenvalue weighted by atomic mass is 10.1. The molecule has 0 saturated carbocycles. The number of hydrogen-bond acceptors (Lipinski definition) is 2. The second-order valence-electron chi connectivity index (χ2n) is 5.34. The summed E-state index contributed by atoms with van der Waals surface area (Å²) in [6.07, 6.45) is 1.06. The Bertz CT molecular complexity index is 757. The Morgan fingerprint density at radius 3 is 2.18 bits per heavy atom. The Balaban J connectivity index is 2.01. The lowest BCUT2D eigenvalue weighted by Gasteiger charge is -2.00. The number of hydrogen-bond donors (Lipinski definition) is 0. The number of aromatic nitrogens is 1. The van der Waals surface area contributed by atoms with Gasteiger partial charge in [-0.3, -0.25) is 0 Å². The summed E-state index contributed by atoms with van der Waals surface area (Å²) in [5.74, 6) is 0.494. The minimum absolute atomic E-state index is 0.494. The largest absolute Gasteiger partial charge is 0.236 e. The second kappa shape index (κ2) is 6.64. The molecule has 0 aliphatic rings. The molecule has 2 aromatic carbocycles. The molecular formula is C19H18ClNS. The second-order valence-corrected chi connectivity index (χ2v) is 6.69. The van der Waals surface area contributed by atoms with Crippen molar-refractivity contribution in [3.8, 4) is 21.8 Å². The summed E-state index contributed by atoms with van der Waals surface area (Å²) in [5.41, 5.74) is 5.90. The topological polar surface area (TPSA) is 12.9 Å². The van der Waals surface area contributed by atoms with E-state index in [0.717, 1.165) is 33.1 Å². The van der Waals surface area contributed by atoms with Crippen molar-refractivity contribution in [3.63, 3.8) is 0 Å². The van der Waals surface area contributed by atoms with Gasteiger partial charge in [0.15, 0.2) is 0 Å². The van der Waals surface area contributed by atoms with Gasteiger partial charge in [0, 0.05) is 16.0 Å². The van der Waals surface area contributed by atoms with Crippen LogP contribution in [0.15, 0.2) is 48.5 Å². The fraction of sp³-hybridized carbons (Fsp3) is 0.211. The van der Waals surface area contributed by atoms with Crippen LogP contribution in [0.4, 0.5) is 0 Å². The van der Waals surface area contributed by atoms with Crippen molar-refractivity contribution in [2.24, 2.45) is 0 Å². The Kier molecular flexibility index (Phi) is 4.60. The summed E-state index contributed by atoms with van der Waals surface area (Å²) in [4.78, 5) is 5.97. The van der Waals surface area contributed by atoms with Crippen LogP contribution in [0.5, 0.6) is 0 Å². The molecule has 0 aliphatic heterocycles. The van der Waals surface area contributed by atoms with Crippen molar-refractivity contribution in [1.29, 1.82) is 0 Å². The highest BCUT2D eigenvalue weighted by Crippen LogP contribution is 2.35. The monoisotopic (exact) mass is 327 g/mol. The Labute approximate surface area is 140 Å². The van der Waals surface area contributed by atoms with Gasteiger partial charge in [0.25, 0.3) is 0 Å². The maximum Gasteiger partial charge on any atom is 0.124 e. The summed E-state index contributed by atoms with van der Waals surface area (Å²) >= 11 is 7.81. The van der Waals surface area contributed by atoms with E-state index in [0.29, 0.717) is 5.88 Å². The Hall–Kier alpha value is -1.64. The molecule has 0 unspecified atom stereocenters. The van der Waals surface area contributed by atoms with Crippen LogP contribution in [0.2, 0.25) is 0 Å². The van der Waals surface area contributed by atoms with Crippen LogP contribution in [0.3, 0.4) is 0 Å². The van der Waals surface area contributed by atoms with Gasteiger partial charge in [-0.05, 0) is 18.9 Å². The van der Waals surface area contributed by atoms with Gasteiger partial charge in [-0.1, -0.05) is 61.0 Å². The molecular weight excluding hydrogens is 310 g/mol. The Morgan fingerprint density at radius 2 is 1.59 bits per heavy atom. The van der Waals surface area contributed by atoms with Crippen LogP contribution >= 0.6 is 22.9 Å². The van der Waals surface area contributed by atoms with E-state index in [1.807, 2.05) is 0 Å². The quantitative estimate of drug-likeness (QED) is 0.528.